The van der Waals surface area contributed by atoms with Crippen LogP contribution >= 0.6 is 11.6 Å². The number of hydrogen-bond acceptors (Lipinski definition) is 5. The molecule has 0 saturated carbocycles. The highest BCUT2D eigenvalue weighted by atomic mass is 35.5. The molecule has 3 aromatic carbocycles. The van der Waals surface area contributed by atoms with Gasteiger partial charge in [-0.3, -0.25) is 19.7 Å². The molecule has 0 unspecified atom stereocenters. The number of nitro benzene ring substituents is 1. The number of aryl methyl sites for hydroxylation is 1. The Hall–Kier alpha value is -3.91. The number of anilines is 2. The number of benzene rings is 3. The first-order valence-electron chi connectivity index (χ1n) is 11.2. The summed E-state index contributed by atoms with van der Waals surface area (Å²) in [5.41, 5.74) is 3.76. The largest absolute Gasteiger partial charge is 0.368 e. The molecule has 1 N–H and O–H groups in total. The van der Waals surface area contributed by atoms with E-state index in [2.05, 4.69) is 10.2 Å². The minimum absolute atomic E-state index is 0.0168. The zero-order valence-electron chi connectivity index (χ0n) is 19.2. The highest BCUT2D eigenvalue weighted by Gasteiger charge is 2.22. The molecule has 1 aliphatic rings. The van der Waals surface area contributed by atoms with Crippen molar-refractivity contribution in [2.75, 3.05) is 36.4 Å². The molecule has 3 aromatic rings. The fraction of sp³-hybridized carbons (Fsp3) is 0.231. The maximum absolute atomic E-state index is 12.7. The number of carbonyl (C=O) groups excluding carboxylic acids is 2. The SMILES string of the molecule is Cc1ccccc1CC(=O)N1CCN(c2ccc(NC(=O)c3ccc([N+](=O)[O-])cc3Cl)cc2)CC1. The third-order valence-electron chi connectivity index (χ3n) is 6.13. The topological polar surface area (TPSA) is 95.8 Å². The van der Waals surface area contributed by atoms with Gasteiger partial charge in [0.1, 0.15) is 0 Å². The van der Waals surface area contributed by atoms with Crippen molar-refractivity contribution in [2.24, 2.45) is 0 Å². The van der Waals surface area contributed by atoms with E-state index in [1.165, 1.54) is 12.1 Å². The highest BCUT2D eigenvalue weighted by Crippen LogP contribution is 2.25. The molecule has 4 rings (SSSR count). The Balaban J connectivity index is 1.32. The maximum Gasteiger partial charge on any atom is 0.270 e. The van der Waals surface area contributed by atoms with Crippen LogP contribution in [0, 0.1) is 17.0 Å². The average molecular weight is 493 g/mol. The summed E-state index contributed by atoms with van der Waals surface area (Å²) in [6, 6.07) is 19.1. The lowest BCUT2D eigenvalue weighted by atomic mass is 10.1. The van der Waals surface area contributed by atoms with Gasteiger partial charge in [-0.25, -0.2) is 0 Å². The Morgan fingerprint density at radius 2 is 1.69 bits per heavy atom. The van der Waals surface area contributed by atoms with E-state index in [-0.39, 0.29) is 22.2 Å². The van der Waals surface area contributed by atoms with E-state index in [0.29, 0.717) is 25.2 Å². The quantitative estimate of drug-likeness (QED) is 0.397. The Kier molecular flexibility index (Phi) is 7.31. The van der Waals surface area contributed by atoms with Gasteiger partial charge in [-0.1, -0.05) is 35.9 Å². The first kappa shape index (κ1) is 24.2. The minimum Gasteiger partial charge on any atom is -0.368 e. The zero-order chi connectivity index (χ0) is 24.9. The summed E-state index contributed by atoms with van der Waals surface area (Å²) in [4.78, 5) is 39.7. The Labute approximate surface area is 208 Å². The molecule has 0 atom stereocenters. The number of non-ortho nitro benzene ring substituents is 1. The van der Waals surface area contributed by atoms with Crippen molar-refractivity contribution in [2.45, 2.75) is 13.3 Å². The van der Waals surface area contributed by atoms with Crippen molar-refractivity contribution in [3.05, 3.63) is 98.6 Å². The molecule has 0 spiro atoms. The van der Waals surface area contributed by atoms with E-state index in [1.54, 1.807) is 12.1 Å². The van der Waals surface area contributed by atoms with Gasteiger partial charge in [-0.15, -0.1) is 0 Å². The minimum atomic E-state index is -0.563. The van der Waals surface area contributed by atoms with Crippen LogP contribution in [0.3, 0.4) is 0 Å². The average Bonchev–Trinajstić information content (AvgIpc) is 2.86. The number of hydrogen-bond donors (Lipinski definition) is 1. The smallest absolute Gasteiger partial charge is 0.270 e. The number of nitrogens with zero attached hydrogens (tertiary/aromatic N) is 3. The highest BCUT2D eigenvalue weighted by molar-refractivity contribution is 6.34. The fourth-order valence-corrected chi connectivity index (χ4v) is 4.31. The van der Waals surface area contributed by atoms with E-state index in [9.17, 15) is 19.7 Å². The van der Waals surface area contributed by atoms with Crippen LogP contribution in [0.5, 0.6) is 0 Å². The summed E-state index contributed by atoms with van der Waals surface area (Å²) in [6.45, 7) is 4.78. The molecular weight excluding hydrogens is 468 g/mol. The number of amides is 2. The van der Waals surface area contributed by atoms with Crippen LogP contribution in [-0.4, -0.2) is 47.8 Å². The van der Waals surface area contributed by atoms with Crippen molar-refractivity contribution in [3.63, 3.8) is 0 Å². The van der Waals surface area contributed by atoms with Crippen LogP contribution < -0.4 is 10.2 Å². The van der Waals surface area contributed by atoms with Crippen molar-refractivity contribution >= 4 is 40.5 Å². The number of halogens is 1. The molecular formula is C26H25ClN4O4. The van der Waals surface area contributed by atoms with Gasteiger partial charge in [-0.2, -0.15) is 0 Å². The summed E-state index contributed by atoms with van der Waals surface area (Å²) in [6.07, 6.45) is 0.417. The first-order valence-corrected chi connectivity index (χ1v) is 11.6. The van der Waals surface area contributed by atoms with Crippen molar-refractivity contribution in [3.8, 4) is 0 Å². The van der Waals surface area contributed by atoms with E-state index >= 15 is 0 Å². The lowest BCUT2D eigenvalue weighted by molar-refractivity contribution is -0.384. The number of piperazine rings is 1. The summed E-state index contributed by atoms with van der Waals surface area (Å²) < 4.78 is 0. The third-order valence-corrected chi connectivity index (χ3v) is 6.45. The van der Waals surface area contributed by atoms with Gasteiger partial charge in [0.25, 0.3) is 11.6 Å². The molecule has 1 aliphatic heterocycles. The third kappa shape index (κ3) is 5.78. The van der Waals surface area contributed by atoms with Crippen LogP contribution in [0.15, 0.2) is 66.7 Å². The van der Waals surface area contributed by atoms with Crippen molar-refractivity contribution < 1.29 is 14.5 Å². The molecule has 9 heteroatoms. The van der Waals surface area contributed by atoms with Gasteiger partial charge in [0.2, 0.25) is 5.91 Å². The molecule has 35 heavy (non-hydrogen) atoms. The standard InChI is InChI=1S/C26H25ClN4O4/c1-18-4-2-3-5-19(18)16-25(32)30-14-12-29(13-15-30)21-8-6-20(7-9-21)28-26(33)23-11-10-22(31(34)35)17-24(23)27/h2-11,17H,12-16H2,1H3,(H,28,33). The predicted molar refractivity (Wildman–Crippen MR) is 136 cm³/mol. The fourth-order valence-electron chi connectivity index (χ4n) is 4.05. The number of carbonyl (C=O) groups is 2. The number of nitrogens with one attached hydrogen (secondary N) is 1. The molecule has 1 saturated heterocycles. The monoisotopic (exact) mass is 492 g/mol. The molecule has 2 amide bonds. The van der Waals surface area contributed by atoms with Gasteiger partial charge < -0.3 is 15.1 Å². The van der Waals surface area contributed by atoms with Gasteiger partial charge in [0.05, 0.1) is 21.9 Å². The van der Waals surface area contributed by atoms with E-state index in [4.69, 9.17) is 11.6 Å². The van der Waals surface area contributed by atoms with Gasteiger partial charge in [-0.05, 0) is 48.4 Å². The Bertz CT molecular complexity index is 1250. The lowest BCUT2D eigenvalue weighted by Gasteiger charge is -2.36. The van der Waals surface area contributed by atoms with Crippen LogP contribution in [0.25, 0.3) is 0 Å². The first-order chi connectivity index (χ1) is 16.8. The van der Waals surface area contributed by atoms with Gasteiger partial charge in [0.15, 0.2) is 0 Å². The number of rotatable bonds is 6. The summed E-state index contributed by atoms with van der Waals surface area (Å²) in [7, 11) is 0. The second-order valence-corrected chi connectivity index (χ2v) is 8.80. The summed E-state index contributed by atoms with van der Waals surface area (Å²) in [5, 5.41) is 13.6. The summed E-state index contributed by atoms with van der Waals surface area (Å²) in [5.74, 6) is -0.305. The number of nitro groups is 1. The zero-order valence-corrected chi connectivity index (χ0v) is 20.0. The van der Waals surface area contributed by atoms with Crippen LogP contribution in [0.1, 0.15) is 21.5 Å². The van der Waals surface area contributed by atoms with E-state index in [1.807, 2.05) is 48.2 Å². The molecule has 0 radical (unpaired) electrons. The van der Waals surface area contributed by atoms with E-state index in [0.717, 1.165) is 36.0 Å². The van der Waals surface area contributed by atoms with Crippen LogP contribution in [-0.2, 0) is 11.2 Å². The van der Waals surface area contributed by atoms with Crippen LogP contribution in [0.2, 0.25) is 5.02 Å². The van der Waals surface area contributed by atoms with Gasteiger partial charge >= 0.3 is 0 Å². The van der Waals surface area contributed by atoms with Crippen molar-refractivity contribution in [1.82, 2.24) is 4.90 Å². The van der Waals surface area contributed by atoms with Crippen molar-refractivity contribution in [1.29, 1.82) is 0 Å². The van der Waals surface area contributed by atoms with Crippen LogP contribution in [0.4, 0.5) is 17.1 Å². The maximum atomic E-state index is 12.7. The molecule has 180 valence electrons. The molecule has 0 bridgehead atoms. The second-order valence-electron chi connectivity index (χ2n) is 8.39. The molecule has 1 fully saturated rings. The summed E-state index contributed by atoms with van der Waals surface area (Å²) >= 11 is 6.05. The molecule has 1 heterocycles. The van der Waals surface area contributed by atoms with E-state index < -0.39 is 10.8 Å². The second kappa shape index (κ2) is 10.6. The molecule has 8 nitrogen and oxygen atoms in total. The Morgan fingerprint density at radius 1 is 1.00 bits per heavy atom. The Morgan fingerprint density at radius 3 is 2.31 bits per heavy atom. The molecule has 0 aliphatic carbocycles. The predicted octanol–water partition coefficient (Wildman–Crippen LogP) is 4.70. The molecule has 0 aromatic heterocycles. The van der Waals surface area contributed by atoms with Gasteiger partial charge in [0, 0.05) is 49.7 Å². The lowest BCUT2D eigenvalue weighted by Crippen LogP contribution is -2.49. The normalized spacial score (nSPS) is 13.4.